The number of benzene rings is 1. The van der Waals surface area contributed by atoms with Gasteiger partial charge in [-0.05, 0) is 46.7 Å². The van der Waals surface area contributed by atoms with Crippen LogP contribution < -0.4 is 0 Å². The number of sulfone groups is 1. The molecule has 1 unspecified atom stereocenters. The highest BCUT2D eigenvalue weighted by Crippen LogP contribution is 2.27. The van der Waals surface area contributed by atoms with Crippen molar-refractivity contribution < 1.29 is 13.5 Å². The van der Waals surface area contributed by atoms with Crippen molar-refractivity contribution in [3.8, 4) is 0 Å². The summed E-state index contributed by atoms with van der Waals surface area (Å²) in [6.45, 7) is 0. The van der Waals surface area contributed by atoms with E-state index < -0.39 is 15.4 Å². The van der Waals surface area contributed by atoms with Crippen LogP contribution >= 0.6 is 22.6 Å². The molecule has 0 radical (unpaired) electrons. The minimum atomic E-state index is -3.03. The van der Waals surface area contributed by atoms with Gasteiger partial charge >= 0.3 is 0 Å². The Balaban J connectivity index is 2.13. The molecule has 1 aromatic rings. The Morgan fingerprint density at radius 2 is 1.94 bits per heavy atom. The van der Waals surface area contributed by atoms with Gasteiger partial charge in [-0.3, -0.25) is 0 Å². The van der Waals surface area contributed by atoms with Crippen molar-refractivity contribution in [3.63, 3.8) is 0 Å². The van der Waals surface area contributed by atoms with Crippen molar-refractivity contribution in [1.82, 2.24) is 0 Å². The van der Waals surface area contributed by atoms with Gasteiger partial charge in [-0.1, -0.05) is 12.1 Å². The number of rotatable bonds is 2. The number of hydrogen-bond donors (Lipinski definition) is 1. The first-order valence-corrected chi connectivity index (χ1v) is 7.96. The van der Waals surface area contributed by atoms with Crippen molar-refractivity contribution in [1.29, 1.82) is 0 Å². The highest BCUT2D eigenvalue weighted by molar-refractivity contribution is 14.1. The van der Waals surface area contributed by atoms with Crippen molar-refractivity contribution in [2.24, 2.45) is 0 Å². The van der Waals surface area contributed by atoms with Crippen LogP contribution in [0.2, 0.25) is 0 Å². The van der Waals surface area contributed by atoms with Gasteiger partial charge < -0.3 is 5.11 Å². The Morgan fingerprint density at radius 3 is 2.44 bits per heavy atom. The second kappa shape index (κ2) is 4.27. The second-order valence-corrected chi connectivity index (χ2v) is 7.80. The zero-order valence-corrected chi connectivity index (χ0v) is 11.7. The molecule has 1 heterocycles. The van der Waals surface area contributed by atoms with E-state index in [0.717, 1.165) is 9.13 Å². The summed E-state index contributed by atoms with van der Waals surface area (Å²) in [5, 5.41) is 10.2. The summed E-state index contributed by atoms with van der Waals surface area (Å²) >= 11 is 2.21. The fourth-order valence-electron chi connectivity index (χ4n) is 2.02. The van der Waals surface area contributed by atoms with Crippen molar-refractivity contribution in [2.75, 3.05) is 11.5 Å². The molecule has 1 aliphatic heterocycles. The fraction of sp³-hybridized carbons (Fsp3) is 0.455. The lowest BCUT2D eigenvalue weighted by Crippen LogP contribution is -2.32. The van der Waals surface area contributed by atoms with Crippen LogP contribution in [-0.2, 0) is 16.3 Å². The molecule has 1 aromatic carbocycles. The minimum Gasteiger partial charge on any atom is -0.388 e. The Kier molecular flexibility index (Phi) is 3.29. The van der Waals surface area contributed by atoms with Crippen LogP contribution in [0.25, 0.3) is 0 Å². The zero-order chi connectivity index (χ0) is 11.8. The molecule has 1 saturated heterocycles. The number of hydrogen-bond acceptors (Lipinski definition) is 3. The summed E-state index contributed by atoms with van der Waals surface area (Å²) in [6.07, 6.45) is 0.768. The van der Waals surface area contributed by atoms with Gasteiger partial charge in [0.2, 0.25) is 0 Å². The predicted molar refractivity (Wildman–Crippen MR) is 71.1 cm³/mol. The predicted octanol–water partition coefficient (Wildman–Crippen LogP) is 1.38. The van der Waals surface area contributed by atoms with Crippen molar-refractivity contribution in [2.45, 2.75) is 18.4 Å². The van der Waals surface area contributed by atoms with Gasteiger partial charge in [-0.15, -0.1) is 0 Å². The van der Waals surface area contributed by atoms with Crippen LogP contribution in [0.5, 0.6) is 0 Å². The van der Waals surface area contributed by atoms with E-state index in [1.807, 2.05) is 24.3 Å². The van der Waals surface area contributed by atoms with E-state index in [0.29, 0.717) is 12.8 Å². The quantitative estimate of drug-likeness (QED) is 0.819. The molecule has 0 aromatic heterocycles. The lowest BCUT2D eigenvalue weighted by molar-refractivity contribution is 0.0682. The van der Waals surface area contributed by atoms with Gasteiger partial charge in [-0.25, -0.2) is 8.42 Å². The van der Waals surface area contributed by atoms with Gasteiger partial charge in [0.05, 0.1) is 17.1 Å². The monoisotopic (exact) mass is 352 g/mol. The van der Waals surface area contributed by atoms with E-state index in [1.54, 1.807) is 0 Å². The number of halogens is 1. The Hall–Kier alpha value is -0.140. The number of aliphatic hydroxyl groups is 1. The highest BCUT2D eigenvalue weighted by atomic mass is 127. The molecular weight excluding hydrogens is 339 g/mol. The Labute approximate surface area is 109 Å². The topological polar surface area (TPSA) is 54.4 Å². The Morgan fingerprint density at radius 1 is 1.31 bits per heavy atom. The normalized spacial score (nSPS) is 28.1. The first-order valence-electron chi connectivity index (χ1n) is 5.06. The van der Waals surface area contributed by atoms with Crippen molar-refractivity contribution >= 4 is 32.4 Å². The molecule has 0 bridgehead atoms. The van der Waals surface area contributed by atoms with Gasteiger partial charge in [0.15, 0.2) is 9.84 Å². The largest absolute Gasteiger partial charge is 0.388 e. The first-order chi connectivity index (χ1) is 7.39. The van der Waals surface area contributed by atoms with Crippen LogP contribution in [0.3, 0.4) is 0 Å². The lowest BCUT2D eigenvalue weighted by Gasteiger charge is -2.20. The Bertz CT molecular complexity index is 480. The van der Waals surface area contributed by atoms with Crippen LogP contribution in [0.1, 0.15) is 12.0 Å². The molecule has 1 N–H and O–H groups in total. The zero-order valence-electron chi connectivity index (χ0n) is 8.69. The van der Waals surface area contributed by atoms with E-state index in [2.05, 4.69) is 22.6 Å². The summed E-state index contributed by atoms with van der Waals surface area (Å²) in [7, 11) is -3.03. The van der Waals surface area contributed by atoms with Gasteiger partial charge in [0, 0.05) is 9.99 Å². The molecule has 1 aliphatic rings. The minimum absolute atomic E-state index is 0.105. The molecule has 3 nitrogen and oxygen atoms in total. The van der Waals surface area contributed by atoms with Gasteiger partial charge in [0.1, 0.15) is 0 Å². The maximum atomic E-state index is 11.3. The molecule has 88 valence electrons. The molecule has 0 spiro atoms. The highest BCUT2D eigenvalue weighted by Gasteiger charge is 2.40. The summed E-state index contributed by atoms with van der Waals surface area (Å²) in [5.41, 5.74) is -0.0777. The average Bonchev–Trinajstić information content (AvgIpc) is 2.45. The van der Waals surface area contributed by atoms with Gasteiger partial charge in [-0.2, -0.15) is 0 Å². The second-order valence-electron chi connectivity index (χ2n) is 4.37. The molecule has 16 heavy (non-hydrogen) atoms. The third-order valence-corrected chi connectivity index (χ3v) is 5.34. The first kappa shape index (κ1) is 12.3. The molecular formula is C11H13IO3S. The van der Waals surface area contributed by atoms with Crippen LogP contribution in [0.4, 0.5) is 0 Å². The summed E-state index contributed by atoms with van der Waals surface area (Å²) in [5.74, 6) is -0.000144. The molecule has 5 heteroatoms. The third kappa shape index (κ3) is 2.95. The maximum absolute atomic E-state index is 11.3. The molecule has 0 aliphatic carbocycles. The SMILES string of the molecule is O=S1(=O)CCC(O)(Cc2ccc(I)cc2)C1. The third-order valence-electron chi connectivity index (χ3n) is 2.81. The summed E-state index contributed by atoms with van der Waals surface area (Å²) < 4.78 is 23.8. The van der Waals surface area contributed by atoms with E-state index in [1.165, 1.54) is 0 Å². The summed E-state index contributed by atoms with van der Waals surface area (Å²) in [6, 6.07) is 7.79. The molecule has 2 rings (SSSR count). The van der Waals surface area contributed by atoms with Crippen LogP contribution in [0.15, 0.2) is 24.3 Å². The maximum Gasteiger partial charge on any atom is 0.153 e. The van der Waals surface area contributed by atoms with Crippen LogP contribution in [-0.4, -0.2) is 30.6 Å². The molecule has 0 saturated carbocycles. The molecule has 0 amide bonds. The average molecular weight is 352 g/mol. The van der Waals surface area contributed by atoms with Crippen LogP contribution in [0, 0.1) is 3.57 Å². The standard InChI is InChI=1S/C11H13IO3S/c12-10-3-1-9(2-4-10)7-11(13)5-6-16(14,15)8-11/h1-4,13H,5-8H2. The smallest absolute Gasteiger partial charge is 0.153 e. The van der Waals surface area contributed by atoms with Crippen molar-refractivity contribution in [3.05, 3.63) is 33.4 Å². The molecule has 1 fully saturated rings. The molecule has 1 atom stereocenters. The van der Waals surface area contributed by atoms with Gasteiger partial charge in [0.25, 0.3) is 0 Å². The summed E-state index contributed by atoms with van der Waals surface area (Å²) in [4.78, 5) is 0. The fourth-order valence-corrected chi connectivity index (χ4v) is 4.28. The van der Waals surface area contributed by atoms with E-state index >= 15 is 0 Å². The van der Waals surface area contributed by atoms with E-state index in [-0.39, 0.29) is 11.5 Å². The lowest BCUT2D eigenvalue weighted by atomic mass is 9.94. The van der Waals surface area contributed by atoms with E-state index in [4.69, 9.17) is 0 Å². The van der Waals surface area contributed by atoms with E-state index in [9.17, 15) is 13.5 Å².